The maximum Gasteiger partial charge on any atom is 0.246 e. The minimum Gasteiger partial charge on any atom is -0.495 e. The van der Waals surface area contributed by atoms with Crippen molar-refractivity contribution in [3.8, 4) is 5.75 Å². The summed E-state index contributed by atoms with van der Waals surface area (Å²) < 4.78 is 6.02. The molecule has 0 aliphatic carbocycles. The van der Waals surface area contributed by atoms with Crippen LogP contribution in [-0.4, -0.2) is 32.0 Å². The summed E-state index contributed by atoms with van der Waals surface area (Å²) in [4.78, 5) is 24.8. The molecule has 0 atom stereocenters. The number of carbonyl (C=O) groups is 2. The Bertz CT molecular complexity index is 490. The lowest BCUT2D eigenvalue weighted by Gasteiger charge is -2.20. The van der Waals surface area contributed by atoms with Gasteiger partial charge in [-0.1, -0.05) is 0 Å². The highest BCUT2D eigenvalue weighted by Crippen LogP contribution is 2.30. The van der Waals surface area contributed by atoms with E-state index in [0.29, 0.717) is 18.7 Å². The van der Waals surface area contributed by atoms with Gasteiger partial charge in [0.1, 0.15) is 5.75 Å². The SMILES string of the molecule is COc1cc(N2CCC(=O)NCC2=O)ccc1Br. The molecule has 5 nitrogen and oxygen atoms in total. The predicted molar refractivity (Wildman–Crippen MR) is 70.7 cm³/mol. The highest BCUT2D eigenvalue weighted by Gasteiger charge is 2.21. The van der Waals surface area contributed by atoms with Gasteiger partial charge in [0.15, 0.2) is 0 Å². The lowest BCUT2D eigenvalue weighted by atomic mass is 10.2. The number of nitrogens with zero attached hydrogens (tertiary/aromatic N) is 1. The molecule has 0 saturated carbocycles. The first-order chi connectivity index (χ1) is 8.61. The van der Waals surface area contributed by atoms with E-state index in [9.17, 15) is 9.59 Å². The fourth-order valence-electron chi connectivity index (χ4n) is 1.79. The molecule has 0 unspecified atom stereocenters. The Balaban J connectivity index is 2.29. The molecule has 1 heterocycles. The van der Waals surface area contributed by atoms with Gasteiger partial charge in [0.25, 0.3) is 0 Å². The molecule has 0 bridgehead atoms. The van der Waals surface area contributed by atoms with Crippen LogP contribution in [0.25, 0.3) is 0 Å². The molecule has 96 valence electrons. The molecular weight excluding hydrogens is 300 g/mol. The number of nitrogens with one attached hydrogen (secondary N) is 1. The first-order valence-electron chi connectivity index (χ1n) is 5.52. The van der Waals surface area contributed by atoms with Crippen LogP contribution in [0.15, 0.2) is 22.7 Å². The summed E-state index contributed by atoms with van der Waals surface area (Å²) in [6.45, 7) is 0.423. The Hall–Kier alpha value is -1.56. The van der Waals surface area contributed by atoms with E-state index in [-0.39, 0.29) is 18.4 Å². The fraction of sp³-hybridized carbons (Fsp3) is 0.333. The molecule has 1 aliphatic rings. The third-order valence-corrected chi connectivity index (χ3v) is 3.40. The first-order valence-corrected chi connectivity index (χ1v) is 6.31. The Labute approximate surface area is 113 Å². The topological polar surface area (TPSA) is 58.6 Å². The second-order valence-electron chi connectivity index (χ2n) is 3.89. The second-order valence-corrected chi connectivity index (χ2v) is 4.75. The summed E-state index contributed by atoms with van der Waals surface area (Å²) in [5.41, 5.74) is 0.733. The largest absolute Gasteiger partial charge is 0.495 e. The lowest BCUT2D eigenvalue weighted by molar-refractivity contribution is -0.123. The monoisotopic (exact) mass is 312 g/mol. The van der Waals surface area contributed by atoms with E-state index in [1.165, 1.54) is 0 Å². The van der Waals surface area contributed by atoms with Crippen LogP contribution < -0.4 is 15.0 Å². The van der Waals surface area contributed by atoms with Gasteiger partial charge < -0.3 is 15.0 Å². The second kappa shape index (κ2) is 5.39. The van der Waals surface area contributed by atoms with Crippen LogP contribution in [0.1, 0.15) is 6.42 Å². The first kappa shape index (κ1) is 12.9. The van der Waals surface area contributed by atoms with Crippen LogP contribution in [0.4, 0.5) is 5.69 Å². The highest BCUT2D eigenvalue weighted by atomic mass is 79.9. The molecular formula is C12H13BrN2O3. The van der Waals surface area contributed by atoms with E-state index in [2.05, 4.69) is 21.2 Å². The zero-order valence-electron chi connectivity index (χ0n) is 9.90. The van der Waals surface area contributed by atoms with Crippen molar-refractivity contribution in [3.05, 3.63) is 22.7 Å². The minimum absolute atomic E-state index is 0.0389. The van der Waals surface area contributed by atoms with Crippen molar-refractivity contribution in [3.63, 3.8) is 0 Å². The Morgan fingerprint density at radius 1 is 1.39 bits per heavy atom. The van der Waals surface area contributed by atoms with E-state index in [1.54, 1.807) is 18.1 Å². The molecule has 2 rings (SSSR count). The van der Waals surface area contributed by atoms with Gasteiger partial charge in [0.05, 0.1) is 18.1 Å². The standard InChI is InChI=1S/C12H13BrN2O3/c1-18-10-6-8(2-3-9(10)13)15-5-4-11(16)14-7-12(15)17/h2-3,6H,4-5,7H2,1H3,(H,14,16). The third kappa shape index (κ3) is 2.64. The van der Waals surface area contributed by atoms with Gasteiger partial charge in [-0.3, -0.25) is 9.59 Å². The van der Waals surface area contributed by atoms with Crippen molar-refractivity contribution in [2.24, 2.45) is 0 Å². The molecule has 1 aromatic rings. The third-order valence-electron chi connectivity index (χ3n) is 2.75. The summed E-state index contributed by atoms with van der Waals surface area (Å²) in [6.07, 6.45) is 0.310. The van der Waals surface area contributed by atoms with E-state index in [1.807, 2.05) is 12.1 Å². The average Bonchev–Trinajstić information content (AvgIpc) is 2.53. The van der Waals surface area contributed by atoms with Gasteiger partial charge in [-0.2, -0.15) is 0 Å². The molecule has 18 heavy (non-hydrogen) atoms. The van der Waals surface area contributed by atoms with E-state index in [4.69, 9.17) is 4.74 Å². The van der Waals surface area contributed by atoms with Crippen molar-refractivity contribution in [1.82, 2.24) is 5.32 Å². The van der Waals surface area contributed by atoms with Gasteiger partial charge in [0.2, 0.25) is 11.8 Å². The van der Waals surface area contributed by atoms with Gasteiger partial charge in [0, 0.05) is 24.7 Å². The molecule has 1 fully saturated rings. The number of ether oxygens (including phenoxy) is 1. The van der Waals surface area contributed by atoms with Crippen LogP contribution >= 0.6 is 15.9 Å². The molecule has 1 N–H and O–H groups in total. The maximum absolute atomic E-state index is 11.9. The van der Waals surface area contributed by atoms with Crippen LogP contribution in [0, 0.1) is 0 Å². The number of hydrogen-bond donors (Lipinski definition) is 1. The Kier molecular flexibility index (Phi) is 3.86. The van der Waals surface area contributed by atoms with E-state index in [0.717, 1.165) is 10.2 Å². The summed E-state index contributed by atoms with van der Waals surface area (Å²) >= 11 is 3.36. The number of anilines is 1. The molecule has 0 radical (unpaired) electrons. The molecule has 0 aromatic heterocycles. The van der Waals surface area contributed by atoms with Crippen LogP contribution in [0.2, 0.25) is 0 Å². The molecule has 6 heteroatoms. The number of carbonyl (C=O) groups excluding carboxylic acids is 2. The van der Waals surface area contributed by atoms with Crippen molar-refractivity contribution >= 4 is 33.4 Å². The summed E-state index contributed by atoms with van der Waals surface area (Å²) in [5.74, 6) is 0.434. The van der Waals surface area contributed by atoms with E-state index >= 15 is 0 Å². The number of amides is 2. The normalized spacial score (nSPS) is 16.2. The quantitative estimate of drug-likeness (QED) is 0.896. The van der Waals surface area contributed by atoms with Crippen molar-refractivity contribution in [1.29, 1.82) is 0 Å². The lowest BCUT2D eigenvalue weighted by Crippen LogP contribution is -2.35. The molecule has 1 saturated heterocycles. The number of hydrogen-bond acceptors (Lipinski definition) is 3. The van der Waals surface area contributed by atoms with Crippen molar-refractivity contribution < 1.29 is 14.3 Å². The van der Waals surface area contributed by atoms with Gasteiger partial charge in [-0.15, -0.1) is 0 Å². The molecule has 2 amide bonds. The molecule has 1 aliphatic heterocycles. The zero-order valence-corrected chi connectivity index (χ0v) is 11.5. The number of rotatable bonds is 2. The molecule has 1 aromatic carbocycles. The van der Waals surface area contributed by atoms with Crippen LogP contribution in [-0.2, 0) is 9.59 Å². The van der Waals surface area contributed by atoms with Gasteiger partial charge in [-0.05, 0) is 28.1 Å². The van der Waals surface area contributed by atoms with Crippen LogP contribution in [0.3, 0.4) is 0 Å². The fourth-order valence-corrected chi connectivity index (χ4v) is 2.19. The predicted octanol–water partition coefficient (Wildman–Crippen LogP) is 1.31. The Morgan fingerprint density at radius 3 is 2.89 bits per heavy atom. The highest BCUT2D eigenvalue weighted by molar-refractivity contribution is 9.10. The minimum atomic E-state index is -0.120. The summed E-state index contributed by atoms with van der Waals surface area (Å²) in [6, 6.07) is 5.42. The number of halogens is 1. The Morgan fingerprint density at radius 2 is 2.17 bits per heavy atom. The average molecular weight is 313 g/mol. The van der Waals surface area contributed by atoms with Gasteiger partial charge >= 0.3 is 0 Å². The smallest absolute Gasteiger partial charge is 0.246 e. The van der Waals surface area contributed by atoms with E-state index < -0.39 is 0 Å². The van der Waals surface area contributed by atoms with Crippen molar-refractivity contribution in [2.45, 2.75) is 6.42 Å². The number of methoxy groups -OCH3 is 1. The summed E-state index contributed by atoms with van der Waals surface area (Å²) in [5, 5.41) is 2.56. The molecule has 0 spiro atoms. The van der Waals surface area contributed by atoms with Crippen molar-refractivity contribution in [2.75, 3.05) is 25.1 Å². The summed E-state index contributed by atoms with van der Waals surface area (Å²) in [7, 11) is 1.57. The number of benzene rings is 1. The van der Waals surface area contributed by atoms with Crippen LogP contribution in [0.5, 0.6) is 5.75 Å². The van der Waals surface area contributed by atoms with Gasteiger partial charge in [-0.25, -0.2) is 0 Å². The maximum atomic E-state index is 11.9. The zero-order chi connectivity index (χ0) is 13.1.